The highest BCUT2D eigenvalue weighted by Gasteiger charge is 2.17. The van der Waals surface area contributed by atoms with E-state index in [1.54, 1.807) is 12.5 Å². The maximum Gasteiger partial charge on any atom is 0.107 e. The average Bonchev–Trinajstić information content (AvgIpc) is 2.97. The van der Waals surface area contributed by atoms with E-state index >= 15 is 0 Å². The first-order valence-electron chi connectivity index (χ1n) is 8.48. The van der Waals surface area contributed by atoms with Crippen molar-refractivity contribution in [2.75, 3.05) is 0 Å². The van der Waals surface area contributed by atoms with Gasteiger partial charge in [0.05, 0.1) is 35.7 Å². The zero-order chi connectivity index (χ0) is 17.4. The highest BCUT2D eigenvalue weighted by molar-refractivity contribution is 6.02. The summed E-state index contributed by atoms with van der Waals surface area (Å²) in [6.45, 7) is 4.11. The van der Waals surface area contributed by atoms with Gasteiger partial charge < -0.3 is 9.67 Å². The SMILES string of the molecule is CC(C)(O)Cn1cnc2cnc3ccc(Cc4ccccc4)cc3c21. The third kappa shape index (κ3) is 3.26. The molecule has 2 aromatic heterocycles. The molecular weight excluding hydrogens is 310 g/mol. The van der Waals surface area contributed by atoms with Crippen molar-refractivity contribution in [2.45, 2.75) is 32.4 Å². The summed E-state index contributed by atoms with van der Waals surface area (Å²) in [6.07, 6.45) is 4.47. The van der Waals surface area contributed by atoms with Crippen molar-refractivity contribution in [2.24, 2.45) is 0 Å². The molecule has 0 fully saturated rings. The molecule has 0 atom stereocenters. The van der Waals surface area contributed by atoms with Gasteiger partial charge in [0, 0.05) is 5.39 Å². The van der Waals surface area contributed by atoms with E-state index in [4.69, 9.17) is 0 Å². The summed E-state index contributed by atoms with van der Waals surface area (Å²) in [5.41, 5.74) is 4.55. The fourth-order valence-corrected chi connectivity index (χ4v) is 3.28. The van der Waals surface area contributed by atoms with Crippen LogP contribution in [0.2, 0.25) is 0 Å². The molecule has 4 rings (SSSR count). The lowest BCUT2D eigenvalue weighted by atomic mass is 10.0. The lowest BCUT2D eigenvalue weighted by molar-refractivity contribution is 0.0627. The van der Waals surface area contributed by atoms with Gasteiger partial charge >= 0.3 is 0 Å². The molecule has 0 unspecified atom stereocenters. The van der Waals surface area contributed by atoms with Gasteiger partial charge in [-0.1, -0.05) is 36.4 Å². The van der Waals surface area contributed by atoms with Crippen LogP contribution in [-0.2, 0) is 13.0 Å². The van der Waals surface area contributed by atoms with Crippen molar-refractivity contribution < 1.29 is 5.11 Å². The second kappa shape index (κ2) is 5.97. The van der Waals surface area contributed by atoms with Gasteiger partial charge in [-0.2, -0.15) is 0 Å². The summed E-state index contributed by atoms with van der Waals surface area (Å²) >= 11 is 0. The zero-order valence-electron chi connectivity index (χ0n) is 14.5. The van der Waals surface area contributed by atoms with Gasteiger partial charge in [-0.3, -0.25) is 4.98 Å². The molecule has 2 aromatic carbocycles. The topological polar surface area (TPSA) is 50.9 Å². The highest BCUT2D eigenvalue weighted by atomic mass is 16.3. The Kier molecular flexibility index (Phi) is 3.77. The predicted molar refractivity (Wildman–Crippen MR) is 101 cm³/mol. The molecule has 0 saturated carbocycles. The number of imidazole rings is 1. The Balaban J connectivity index is 1.84. The lowest BCUT2D eigenvalue weighted by Crippen LogP contribution is -2.25. The molecule has 4 heteroatoms. The van der Waals surface area contributed by atoms with Crippen LogP contribution in [-0.4, -0.2) is 25.2 Å². The maximum absolute atomic E-state index is 10.2. The quantitative estimate of drug-likeness (QED) is 0.616. The molecule has 1 N–H and O–H groups in total. The Bertz CT molecular complexity index is 1030. The minimum atomic E-state index is -0.801. The van der Waals surface area contributed by atoms with Crippen LogP contribution in [0, 0.1) is 0 Å². The first kappa shape index (κ1) is 15.8. The number of benzene rings is 2. The number of nitrogens with zero attached hydrogens (tertiary/aromatic N) is 3. The summed E-state index contributed by atoms with van der Waals surface area (Å²) < 4.78 is 2.02. The van der Waals surface area contributed by atoms with E-state index in [2.05, 4.69) is 52.4 Å². The molecule has 2 heterocycles. The average molecular weight is 331 g/mol. The monoisotopic (exact) mass is 331 g/mol. The molecule has 0 aliphatic heterocycles. The minimum absolute atomic E-state index is 0.492. The molecule has 4 nitrogen and oxygen atoms in total. The number of hydrogen-bond donors (Lipinski definition) is 1. The van der Waals surface area contributed by atoms with E-state index in [9.17, 15) is 5.11 Å². The van der Waals surface area contributed by atoms with Crippen LogP contribution >= 0.6 is 0 Å². The summed E-state index contributed by atoms with van der Waals surface area (Å²) in [4.78, 5) is 8.98. The van der Waals surface area contributed by atoms with Crippen LogP contribution in [0.1, 0.15) is 25.0 Å². The molecule has 0 amide bonds. The van der Waals surface area contributed by atoms with Gasteiger partial charge in [-0.15, -0.1) is 0 Å². The van der Waals surface area contributed by atoms with Gasteiger partial charge in [0.1, 0.15) is 5.52 Å². The first-order chi connectivity index (χ1) is 12.0. The Morgan fingerprint density at radius 3 is 2.52 bits per heavy atom. The normalized spacial score (nSPS) is 12.1. The Morgan fingerprint density at radius 2 is 1.76 bits per heavy atom. The van der Waals surface area contributed by atoms with Crippen LogP contribution < -0.4 is 0 Å². The van der Waals surface area contributed by atoms with E-state index in [-0.39, 0.29) is 0 Å². The zero-order valence-corrected chi connectivity index (χ0v) is 14.5. The second-order valence-electron chi connectivity index (χ2n) is 7.19. The summed E-state index contributed by atoms with van der Waals surface area (Å²) in [5.74, 6) is 0. The van der Waals surface area contributed by atoms with Gasteiger partial charge in [-0.25, -0.2) is 4.98 Å². The summed E-state index contributed by atoms with van der Waals surface area (Å²) in [7, 11) is 0. The van der Waals surface area contributed by atoms with Gasteiger partial charge in [0.15, 0.2) is 0 Å². The third-order valence-corrected chi connectivity index (χ3v) is 4.32. The standard InChI is InChI=1S/C21H21N3O/c1-21(2,25)13-24-14-23-19-12-22-18-9-8-16(11-17(18)20(19)24)10-15-6-4-3-5-7-15/h3-9,11-12,14,25H,10,13H2,1-2H3. The van der Waals surface area contributed by atoms with Gasteiger partial charge in [0.2, 0.25) is 0 Å². The maximum atomic E-state index is 10.2. The van der Waals surface area contributed by atoms with E-state index in [1.165, 1.54) is 11.1 Å². The van der Waals surface area contributed by atoms with Crippen molar-refractivity contribution >= 4 is 21.9 Å². The minimum Gasteiger partial charge on any atom is -0.389 e. The molecule has 25 heavy (non-hydrogen) atoms. The number of hydrogen-bond acceptors (Lipinski definition) is 3. The number of pyridine rings is 1. The molecule has 4 aromatic rings. The Morgan fingerprint density at radius 1 is 0.960 bits per heavy atom. The summed E-state index contributed by atoms with van der Waals surface area (Å²) in [5, 5.41) is 11.3. The van der Waals surface area contributed by atoms with E-state index in [1.807, 2.05) is 24.5 Å². The van der Waals surface area contributed by atoms with Crippen LogP contribution in [0.5, 0.6) is 0 Å². The third-order valence-electron chi connectivity index (χ3n) is 4.32. The molecule has 126 valence electrons. The van der Waals surface area contributed by atoms with Gasteiger partial charge in [0.25, 0.3) is 0 Å². The smallest absolute Gasteiger partial charge is 0.107 e. The molecule has 0 saturated heterocycles. The van der Waals surface area contributed by atoms with Crippen molar-refractivity contribution in [3.8, 4) is 0 Å². The van der Waals surface area contributed by atoms with Crippen molar-refractivity contribution in [3.63, 3.8) is 0 Å². The molecule has 0 radical (unpaired) electrons. The number of fused-ring (bicyclic) bond motifs is 3. The van der Waals surface area contributed by atoms with Gasteiger partial charge in [-0.05, 0) is 43.5 Å². The van der Waals surface area contributed by atoms with E-state index in [0.717, 1.165) is 28.4 Å². The highest BCUT2D eigenvalue weighted by Crippen LogP contribution is 2.26. The van der Waals surface area contributed by atoms with Crippen LogP contribution in [0.3, 0.4) is 0 Å². The van der Waals surface area contributed by atoms with Crippen molar-refractivity contribution in [3.05, 3.63) is 72.2 Å². The lowest BCUT2D eigenvalue weighted by Gasteiger charge is -2.18. The molecule has 0 aliphatic carbocycles. The molecule has 0 aliphatic rings. The van der Waals surface area contributed by atoms with Crippen molar-refractivity contribution in [1.82, 2.24) is 14.5 Å². The molecule has 0 bridgehead atoms. The van der Waals surface area contributed by atoms with Crippen LogP contribution in [0.25, 0.3) is 21.9 Å². The molecular formula is C21H21N3O. The second-order valence-corrected chi connectivity index (χ2v) is 7.19. The molecule has 0 spiro atoms. The fraction of sp³-hybridized carbons (Fsp3) is 0.238. The fourth-order valence-electron chi connectivity index (χ4n) is 3.28. The van der Waals surface area contributed by atoms with E-state index in [0.29, 0.717) is 6.54 Å². The predicted octanol–water partition coefficient (Wildman–Crippen LogP) is 3.95. The van der Waals surface area contributed by atoms with E-state index < -0.39 is 5.60 Å². The largest absolute Gasteiger partial charge is 0.389 e. The number of rotatable bonds is 4. The Hall–Kier alpha value is -2.72. The first-order valence-corrected chi connectivity index (χ1v) is 8.48. The van der Waals surface area contributed by atoms with Crippen LogP contribution in [0.4, 0.5) is 0 Å². The Labute approximate surface area is 146 Å². The number of aliphatic hydroxyl groups is 1. The number of aromatic nitrogens is 3. The van der Waals surface area contributed by atoms with Crippen LogP contribution in [0.15, 0.2) is 61.1 Å². The van der Waals surface area contributed by atoms with Crippen molar-refractivity contribution in [1.29, 1.82) is 0 Å². The summed E-state index contributed by atoms with van der Waals surface area (Å²) in [6, 6.07) is 16.8.